The van der Waals surface area contributed by atoms with Crippen LogP contribution in [-0.4, -0.2) is 15.0 Å². The summed E-state index contributed by atoms with van der Waals surface area (Å²) < 4.78 is 5.55. The topological polar surface area (TPSA) is 26.3 Å². The molecule has 0 aromatic heterocycles. The summed E-state index contributed by atoms with van der Waals surface area (Å²) in [6, 6.07) is 0. The Morgan fingerprint density at radius 2 is 1.72 bits per heavy atom. The normalized spacial score (nSPS) is 24.1. The highest BCUT2D eigenvalue weighted by molar-refractivity contribution is 14.1. The molecule has 0 radical (unpaired) electrons. The van der Waals surface area contributed by atoms with Crippen LogP contribution < -0.4 is 0 Å². The standard InChI is InChI=1S/C15H27IO2/c1-5-14(3,16)13(17)18-15(4,6-2)12-10-8-7-9-11-12/h12H,5-11H2,1-4H3. The number of esters is 1. The first-order valence-electron chi connectivity index (χ1n) is 7.28. The van der Waals surface area contributed by atoms with Crippen LogP contribution in [0, 0.1) is 5.92 Å². The molecule has 0 heterocycles. The first-order chi connectivity index (χ1) is 8.35. The van der Waals surface area contributed by atoms with Gasteiger partial charge in [0.1, 0.15) is 9.02 Å². The van der Waals surface area contributed by atoms with Crippen LogP contribution in [-0.2, 0) is 9.53 Å². The Balaban J connectivity index is 2.72. The molecule has 3 heteroatoms. The van der Waals surface area contributed by atoms with Gasteiger partial charge in [0.25, 0.3) is 0 Å². The van der Waals surface area contributed by atoms with E-state index < -0.39 is 0 Å². The van der Waals surface area contributed by atoms with E-state index in [1.807, 2.05) is 13.8 Å². The average molecular weight is 366 g/mol. The van der Waals surface area contributed by atoms with Crippen molar-refractivity contribution in [3.8, 4) is 0 Å². The lowest BCUT2D eigenvalue weighted by atomic mass is 9.76. The fraction of sp³-hybridized carbons (Fsp3) is 0.933. The molecule has 2 atom stereocenters. The summed E-state index contributed by atoms with van der Waals surface area (Å²) in [5, 5.41) is 0. The number of carbonyl (C=O) groups excluding carboxylic acids is 1. The van der Waals surface area contributed by atoms with Crippen LogP contribution >= 0.6 is 22.6 Å². The molecule has 0 saturated heterocycles. The van der Waals surface area contributed by atoms with Crippen molar-refractivity contribution in [3.05, 3.63) is 0 Å². The number of hydrogen-bond acceptors (Lipinski definition) is 2. The van der Waals surface area contributed by atoms with Crippen LogP contribution in [0.25, 0.3) is 0 Å². The summed E-state index contributed by atoms with van der Waals surface area (Å²) in [5.41, 5.74) is -0.265. The van der Waals surface area contributed by atoms with Crippen molar-refractivity contribution in [1.82, 2.24) is 0 Å². The number of alkyl halides is 1. The first-order valence-corrected chi connectivity index (χ1v) is 8.36. The SMILES string of the molecule is CCC(C)(I)C(=O)OC(C)(CC)C1CCCCC1. The van der Waals surface area contributed by atoms with E-state index in [4.69, 9.17) is 4.74 Å². The minimum atomic E-state index is -0.386. The van der Waals surface area contributed by atoms with Crippen molar-refractivity contribution >= 4 is 28.6 Å². The van der Waals surface area contributed by atoms with Gasteiger partial charge >= 0.3 is 5.97 Å². The van der Waals surface area contributed by atoms with Gasteiger partial charge in [-0.1, -0.05) is 55.7 Å². The summed E-state index contributed by atoms with van der Waals surface area (Å²) in [6.07, 6.45) is 8.06. The van der Waals surface area contributed by atoms with E-state index in [2.05, 4.69) is 36.4 Å². The Morgan fingerprint density at radius 1 is 1.17 bits per heavy atom. The molecule has 1 aliphatic rings. The highest BCUT2D eigenvalue weighted by atomic mass is 127. The Hall–Kier alpha value is 0.200. The molecule has 18 heavy (non-hydrogen) atoms. The number of ether oxygens (including phenoxy) is 1. The minimum absolute atomic E-state index is 0.0412. The zero-order chi connectivity index (χ0) is 13.8. The largest absolute Gasteiger partial charge is 0.458 e. The van der Waals surface area contributed by atoms with E-state index in [9.17, 15) is 4.79 Å². The molecule has 1 fully saturated rings. The van der Waals surface area contributed by atoms with E-state index in [1.54, 1.807) is 0 Å². The van der Waals surface area contributed by atoms with E-state index in [1.165, 1.54) is 32.1 Å². The monoisotopic (exact) mass is 366 g/mol. The Bertz CT molecular complexity index is 282. The molecule has 0 aliphatic heterocycles. The minimum Gasteiger partial charge on any atom is -0.458 e. The molecular formula is C15H27IO2. The van der Waals surface area contributed by atoms with Crippen molar-refractivity contribution in [3.63, 3.8) is 0 Å². The molecule has 0 N–H and O–H groups in total. The van der Waals surface area contributed by atoms with Crippen molar-refractivity contribution in [2.45, 2.75) is 81.7 Å². The van der Waals surface area contributed by atoms with Crippen molar-refractivity contribution in [2.75, 3.05) is 0 Å². The van der Waals surface area contributed by atoms with Gasteiger partial charge in [-0.05, 0) is 45.4 Å². The molecule has 2 nitrogen and oxygen atoms in total. The van der Waals surface area contributed by atoms with Crippen molar-refractivity contribution in [2.24, 2.45) is 5.92 Å². The lowest BCUT2D eigenvalue weighted by Crippen LogP contribution is -2.44. The van der Waals surface area contributed by atoms with Crippen LogP contribution in [0.1, 0.15) is 72.6 Å². The summed E-state index contributed by atoms with van der Waals surface area (Å²) in [6.45, 7) is 8.27. The Morgan fingerprint density at radius 3 is 2.17 bits per heavy atom. The van der Waals surface area contributed by atoms with Gasteiger partial charge in [0.15, 0.2) is 0 Å². The van der Waals surface area contributed by atoms with Gasteiger partial charge in [-0.15, -0.1) is 0 Å². The van der Waals surface area contributed by atoms with Crippen LogP contribution in [0.5, 0.6) is 0 Å². The summed E-state index contributed by atoms with van der Waals surface area (Å²) in [4.78, 5) is 12.3. The third-order valence-electron chi connectivity index (χ3n) is 4.59. The average Bonchev–Trinajstić information content (AvgIpc) is 2.39. The molecular weight excluding hydrogens is 339 g/mol. The third-order valence-corrected chi connectivity index (χ3v) is 5.79. The smallest absolute Gasteiger partial charge is 0.322 e. The fourth-order valence-corrected chi connectivity index (χ4v) is 2.73. The van der Waals surface area contributed by atoms with Gasteiger partial charge in [0.2, 0.25) is 0 Å². The van der Waals surface area contributed by atoms with Gasteiger partial charge in [-0.3, -0.25) is 4.79 Å². The number of hydrogen-bond donors (Lipinski definition) is 0. The molecule has 1 rings (SSSR count). The van der Waals surface area contributed by atoms with E-state index in [0.29, 0.717) is 5.92 Å². The quantitative estimate of drug-likeness (QED) is 0.394. The maximum absolute atomic E-state index is 12.3. The predicted octanol–water partition coefficient (Wildman–Crippen LogP) is 4.88. The van der Waals surface area contributed by atoms with Gasteiger partial charge < -0.3 is 4.74 Å². The summed E-state index contributed by atoms with van der Waals surface area (Å²) in [7, 11) is 0. The van der Waals surface area contributed by atoms with E-state index >= 15 is 0 Å². The van der Waals surface area contributed by atoms with Crippen LogP contribution in [0.2, 0.25) is 0 Å². The number of rotatable bonds is 5. The molecule has 0 bridgehead atoms. The zero-order valence-electron chi connectivity index (χ0n) is 12.2. The molecule has 1 saturated carbocycles. The second kappa shape index (κ2) is 6.58. The molecule has 1 aliphatic carbocycles. The Labute approximate surface area is 125 Å². The Kier molecular flexibility index (Phi) is 5.94. The van der Waals surface area contributed by atoms with E-state index in [0.717, 1.165) is 12.8 Å². The number of halogens is 1. The van der Waals surface area contributed by atoms with Gasteiger partial charge in [0, 0.05) is 0 Å². The lowest BCUT2D eigenvalue weighted by Gasteiger charge is -2.40. The third kappa shape index (κ3) is 3.84. The van der Waals surface area contributed by atoms with Crippen molar-refractivity contribution in [1.29, 1.82) is 0 Å². The zero-order valence-corrected chi connectivity index (χ0v) is 14.4. The summed E-state index contributed by atoms with van der Waals surface area (Å²) >= 11 is 2.22. The van der Waals surface area contributed by atoms with Crippen molar-refractivity contribution < 1.29 is 9.53 Å². The molecule has 0 spiro atoms. The molecule has 106 valence electrons. The van der Waals surface area contributed by atoms with Crippen LogP contribution in [0.3, 0.4) is 0 Å². The summed E-state index contributed by atoms with van der Waals surface area (Å²) in [5.74, 6) is 0.504. The molecule has 0 amide bonds. The first kappa shape index (κ1) is 16.3. The van der Waals surface area contributed by atoms with Gasteiger partial charge in [-0.2, -0.15) is 0 Å². The van der Waals surface area contributed by atoms with Crippen LogP contribution in [0.15, 0.2) is 0 Å². The lowest BCUT2D eigenvalue weighted by molar-refractivity contribution is -0.168. The van der Waals surface area contributed by atoms with Gasteiger partial charge in [-0.25, -0.2) is 0 Å². The highest BCUT2D eigenvalue weighted by Gasteiger charge is 2.40. The second-order valence-corrected chi connectivity index (χ2v) is 8.32. The van der Waals surface area contributed by atoms with Gasteiger partial charge in [0.05, 0.1) is 0 Å². The predicted molar refractivity (Wildman–Crippen MR) is 84.1 cm³/mol. The number of carbonyl (C=O) groups is 1. The van der Waals surface area contributed by atoms with Crippen LogP contribution in [0.4, 0.5) is 0 Å². The fourth-order valence-electron chi connectivity index (χ4n) is 2.62. The maximum Gasteiger partial charge on any atom is 0.322 e. The van der Waals surface area contributed by atoms with E-state index in [-0.39, 0.29) is 15.0 Å². The maximum atomic E-state index is 12.3. The molecule has 0 aromatic carbocycles. The highest BCUT2D eigenvalue weighted by Crippen LogP contribution is 2.38. The molecule has 0 aromatic rings. The molecule has 2 unspecified atom stereocenters. The second-order valence-electron chi connectivity index (χ2n) is 5.94.